The molecular formula is C11H20Cl2O. The second-order valence-corrected chi connectivity index (χ2v) is 4.58. The smallest absolute Gasteiger partial charge is 0.239 e. The van der Waals surface area contributed by atoms with E-state index in [1.165, 1.54) is 32.1 Å². The van der Waals surface area contributed by atoms with Gasteiger partial charge in [-0.15, -0.1) is 11.6 Å². The van der Waals surface area contributed by atoms with Crippen molar-refractivity contribution in [1.82, 2.24) is 0 Å². The Balaban J connectivity index is 3.09. The fourth-order valence-corrected chi connectivity index (χ4v) is 1.66. The third-order valence-electron chi connectivity index (χ3n) is 2.31. The number of carbonyl (C=O) groups excluding carboxylic acids is 1. The van der Waals surface area contributed by atoms with Crippen molar-refractivity contribution in [1.29, 1.82) is 0 Å². The van der Waals surface area contributed by atoms with Crippen molar-refractivity contribution in [2.45, 2.75) is 63.7 Å². The van der Waals surface area contributed by atoms with E-state index >= 15 is 0 Å². The molecule has 0 spiro atoms. The van der Waals surface area contributed by atoms with Gasteiger partial charge < -0.3 is 0 Å². The predicted molar refractivity (Wildman–Crippen MR) is 63.1 cm³/mol. The molecule has 0 N–H and O–H groups in total. The molecule has 1 nitrogen and oxygen atoms in total. The first kappa shape index (κ1) is 14.2. The van der Waals surface area contributed by atoms with Gasteiger partial charge >= 0.3 is 0 Å². The summed E-state index contributed by atoms with van der Waals surface area (Å²) in [5, 5.41) is -0.898. The highest BCUT2D eigenvalue weighted by Crippen LogP contribution is 2.13. The van der Waals surface area contributed by atoms with Crippen LogP contribution in [0.4, 0.5) is 0 Å². The molecule has 0 aromatic carbocycles. The van der Waals surface area contributed by atoms with Crippen LogP contribution in [-0.4, -0.2) is 10.6 Å². The third-order valence-corrected chi connectivity index (χ3v) is 3.10. The molecule has 0 heterocycles. The van der Waals surface area contributed by atoms with Gasteiger partial charge in [0.25, 0.3) is 0 Å². The molecular weight excluding hydrogens is 219 g/mol. The second-order valence-electron chi connectivity index (χ2n) is 3.68. The quantitative estimate of drug-likeness (QED) is 0.329. The zero-order valence-electron chi connectivity index (χ0n) is 8.90. The minimum atomic E-state index is -0.479. The minimum absolute atomic E-state index is 0.419. The summed E-state index contributed by atoms with van der Waals surface area (Å²) in [5.74, 6) is 0. The first-order chi connectivity index (χ1) is 6.68. The molecule has 0 rings (SSSR count). The van der Waals surface area contributed by atoms with E-state index in [0.717, 1.165) is 19.3 Å². The van der Waals surface area contributed by atoms with Crippen LogP contribution in [-0.2, 0) is 4.79 Å². The number of unbranched alkanes of at least 4 members (excludes halogenated alkanes) is 6. The van der Waals surface area contributed by atoms with Crippen LogP contribution >= 0.6 is 23.2 Å². The Kier molecular flexibility index (Phi) is 9.97. The summed E-state index contributed by atoms with van der Waals surface area (Å²) in [5.41, 5.74) is 0. The molecule has 0 aromatic heterocycles. The van der Waals surface area contributed by atoms with Gasteiger partial charge in [-0.25, -0.2) is 0 Å². The van der Waals surface area contributed by atoms with Gasteiger partial charge in [-0.05, 0) is 18.0 Å². The van der Waals surface area contributed by atoms with Crippen molar-refractivity contribution >= 4 is 28.4 Å². The summed E-state index contributed by atoms with van der Waals surface area (Å²) >= 11 is 10.9. The molecule has 0 bridgehead atoms. The molecule has 0 fully saturated rings. The average Bonchev–Trinajstić information content (AvgIpc) is 2.16. The fourth-order valence-electron chi connectivity index (χ4n) is 1.39. The molecule has 1 unspecified atom stereocenters. The van der Waals surface area contributed by atoms with Crippen molar-refractivity contribution in [2.75, 3.05) is 0 Å². The van der Waals surface area contributed by atoms with E-state index in [1.54, 1.807) is 0 Å². The van der Waals surface area contributed by atoms with Gasteiger partial charge in [-0.1, -0.05) is 51.9 Å². The summed E-state index contributed by atoms with van der Waals surface area (Å²) in [6.45, 7) is 2.21. The van der Waals surface area contributed by atoms with Gasteiger partial charge in [-0.3, -0.25) is 4.79 Å². The van der Waals surface area contributed by atoms with Crippen molar-refractivity contribution < 1.29 is 4.79 Å². The number of hydrogen-bond acceptors (Lipinski definition) is 1. The van der Waals surface area contributed by atoms with Gasteiger partial charge in [0.2, 0.25) is 5.24 Å². The summed E-state index contributed by atoms with van der Waals surface area (Å²) in [6, 6.07) is 0. The van der Waals surface area contributed by atoms with Gasteiger partial charge in [0.15, 0.2) is 0 Å². The topological polar surface area (TPSA) is 17.1 Å². The average molecular weight is 239 g/mol. The maximum atomic E-state index is 10.6. The van der Waals surface area contributed by atoms with Crippen LogP contribution in [0.1, 0.15) is 58.3 Å². The maximum absolute atomic E-state index is 10.6. The van der Waals surface area contributed by atoms with Crippen LogP contribution in [0.2, 0.25) is 0 Å². The maximum Gasteiger partial charge on any atom is 0.239 e. The van der Waals surface area contributed by atoms with Crippen LogP contribution in [0.15, 0.2) is 0 Å². The van der Waals surface area contributed by atoms with E-state index in [1.807, 2.05) is 0 Å². The van der Waals surface area contributed by atoms with E-state index in [-0.39, 0.29) is 0 Å². The van der Waals surface area contributed by atoms with Crippen molar-refractivity contribution in [2.24, 2.45) is 0 Å². The van der Waals surface area contributed by atoms with E-state index in [4.69, 9.17) is 23.2 Å². The Bertz CT molecular complexity index is 148. The van der Waals surface area contributed by atoms with E-state index < -0.39 is 10.6 Å². The molecule has 1 atom stereocenters. The van der Waals surface area contributed by atoms with Gasteiger partial charge in [-0.2, -0.15) is 0 Å². The van der Waals surface area contributed by atoms with Gasteiger partial charge in [0, 0.05) is 0 Å². The lowest BCUT2D eigenvalue weighted by molar-refractivity contribution is -0.111. The molecule has 0 radical (unpaired) electrons. The van der Waals surface area contributed by atoms with Crippen LogP contribution in [0, 0.1) is 0 Å². The molecule has 0 aliphatic rings. The lowest BCUT2D eigenvalue weighted by Gasteiger charge is -2.03. The number of halogens is 2. The van der Waals surface area contributed by atoms with Crippen LogP contribution < -0.4 is 0 Å². The summed E-state index contributed by atoms with van der Waals surface area (Å²) in [4.78, 5) is 10.6. The summed E-state index contributed by atoms with van der Waals surface area (Å²) < 4.78 is 0. The minimum Gasteiger partial charge on any atom is -0.280 e. The molecule has 0 aliphatic carbocycles. The monoisotopic (exact) mass is 238 g/mol. The lowest BCUT2D eigenvalue weighted by Crippen LogP contribution is -2.06. The van der Waals surface area contributed by atoms with E-state index in [2.05, 4.69) is 6.92 Å². The SMILES string of the molecule is CCCCCCCCCC(Cl)C(=O)Cl. The van der Waals surface area contributed by atoms with E-state index in [9.17, 15) is 4.79 Å². The number of hydrogen-bond donors (Lipinski definition) is 0. The Morgan fingerprint density at radius 2 is 1.57 bits per heavy atom. The first-order valence-corrected chi connectivity index (χ1v) is 6.33. The Morgan fingerprint density at radius 3 is 2.07 bits per heavy atom. The van der Waals surface area contributed by atoms with Crippen LogP contribution in [0.25, 0.3) is 0 Å². The zero-order chi connectivity index (χ0) is 10.8. The molecule has 0 saturated heterocycles. The van der Waals surface area contributed by atoms with Crippen molar-refractivity contribution in [3.63, 3.8) is 0 Å². The molecule has 0 aromatic rings. The molecule has 3 heteroatoms. The standard InChI is InChI=1S/C11H20Cl2O/c1-2-3-4-5-6-7-8-9-10(12)11(13)14/h10H,2-9H2,1H3. The Morgan fingerprint density at radius 1 is 1.07 bits per heavy atom. The largest absolute Gasteiger partial charge is 0.280 e. The zero-order valence-corrected chi connectivity index (χ0v) is 10.4. The highest BCUT2D eigenvalue weighted by Gasteiger charge is 2.10. The number of alkyl halides is 1. The second kappa shape index (κ2) is 9.79. The molecule has 84 valence electrons. The highest BCUT2D eigenvalue weighted by atomic mass is 35.5. The number of rotatable bonds is 9. The van der Waals surface area contributed by atoms with Crippen molar-refractivity contribution in [3.8, 4) is 0 Å². The first-order valence-electron chi connectivity index (χ1n) is 5.52. The normalized spacial score (nSPS) is 12.8. The number of carbonyl (C=O) groups is 1. The third kappa shape index (κ3) is 8.83. The predicted octanol–water partition coefficient (Wildman–Crippen LogP) is 4.50. The van der Waals surface area contributed by atoms with Crippen LogP contribution in [0.3, 0.4) is 0 Å². The molecule has 14 heavy (non-hydrogen) atoms. The summed E-state index contributed by atoms with van der Waals surface area (Å²) in [7, 11) is 0. The van der Waals surface area contributed by atoms with Crippen molar-refractivity contribution in [3.05, 3.63) is 0 Å². The lowest BCUT2D eigenvalue weighted by atomic mass is 10.1. The molecule has 0 aliphatic heterocycles. The molecule has 0 saturated carbocycles. The highest BCUT2D eigenvalue weighted by molar-refractivity contribution is 6.69. The fraction of sp³-hybridized carbons (Fsp3) is 0.909. The van der Waals surface area contributed by atoms with Gasteiger partial charge in [0.05, 0.1) is 0 Å². The Hall–Kier alpha value is 0.250. The molecule has 0 amide bonds. The van der Waals surface area contributed by atoms with E-state index in [0.29, 0.717) is 0 Å². The summed E-state index contributed by atoms with van der Waals surface area (Å²) in [6.07, 6.45) is 9.39. The Labute approximate surface area is 97.2 Å². The van der Waals surface area contributed by atoms with Gasteiger partial charge in [0.1, 0.15) is 5.38 Å². The van der Waals surface area contributed by atoms with Crippen LogP contribution in [0.5, 0.6) is 0 Å².